The van der Waals surface area contributed by atoms with Crippen LogP contribution < -0.4 is 5.32 Å². The summed E-state index contributed by atoms with van der Waals surface area (Å²) in [6.07, 6.45) is 3.62. The van der Waals surface area contributed by atoms with E-state index in [-0.39, 0.29) is 0 Å². The molecule has 3 nitrogen and oxygen atoms in total. The van der Waals surface area contributed by atoms with Gasteiger partial charge in [-0.2, -0.15) is 0 Å². The van der Waals surface area contributed by atoms with Gasteiger partial charge in [0.2, 0.25) is 0 Å². The number of benzene rings is 1. The topological polar surface area (TPSA) is 37.8 Å². The second-order valence-electron chi connectivity index (χ2n) is 4.51. The van der Waals surface area contributed by atoms with Crippen molar-refractivity contribution >= 4 is 16.3 Å². The molecule has 3 rings (SSSR count). The summed E-state index contributed by atoms with van der Waals surface area (Å²) in [5.41, 5.74) is 3.43. The van der Waals surface area contributed by atoms with E-state index in [2.05, 4.69) is 27.4 Å². The number of anilines is 1. The predicted octanol–water partition coefficient (Wildman–Crippen LogP) is 4.13. The van der Waals surface area contributed by atoms with Gasteiger partial charge in [-0.3, -0.25) is 4.98 Å². The predicted molar refractivity (Wildman–Crippen MR) is 83.9 cm³/mol. The maximum absolute atomic E-state index is 4.64. The first-order valence-electron chi connectivity index (χ1n) is 6.48. The van der Waals surface area contributed by atoms with Crippen LogP contribution in [0.15, 0.2) is 54.9 Å². The molecule has 1 N–H and O–H groups in total. The first kappa shape index (κ1) is 12.8. The van der Waals surface area contributed by atoms with E-state index in [4.69, 9.17) is 0 Å². The van der Waals surface area contributed by atoms with Crippen LogP contribution in [-0.4, -0.2) is 9.97 Å². The Bertz CT molecular complexity index is 677. The van der Waals surface area contributed by atoms with Crippen LogP contribution in [0.2, 0.25) is 0 Å². The van der Waals surface area contributed by atoms with E-state index in [0.29, 0.717) is 0 Å². The van der Waals surface area contributed by atoms with Gasteiger partial charge < -0.3 is 5.32 Å². The first-order valence-corrected chi connectivity index (χ1v) is 7.30. The molecule has 0 atom stereocenters. The number of aryl methyl sites for hydroxylation is 1. The lowest BCUT2D eigenvalue weighted by molar-refractivity contribution is 1.12. The van der Waals surface area contributed by atoms with E-state index in [9.17, 15) is 0 Å². The number of aromatic nitrogens is 2. The van der Waals surface area contributed by atoms with Gasteiger partial charge in [0.1, 0.15) is 10.0 Å². The van der Waals surface area contributed by atoms with E-state index in [1.807, 2.05) is 49.6 Å². The van der Waals surface area contributed by atoms with Crippen molar-refractivity contribution < 1.29 is 0 Å². The zero-order valence-corrected chi connectivity index (χ0v) is 12.0. The third kappa shape index (κ3) is 2.86. The van der Waals surface area contributed by atoms with Crippen molar-refractivity contribution in [3.63, 3.8) is 0 Å². The molecule has 0 radical (unpaired) electrons. The number of pyridine rings is 1. The Morgan fingerprint density at radius 2 is 1.80 bits per heavy atom. The molecule has 0 saturated carbocycles. The van der Waals surface area contributed by atoms with E-state index in [1.165, 1.54) is 5.56 Å². The van der Waals surface area contributed by atoms with Crippen LogP contribution in [0.25, 0.3) is 10.6 Å². The fourth-order valence-electron chi connectivity index (χ4n) is 1.95. The van der Waals surface area contributed by atoms with Crippen LogP contribution in [0, 0.1) is 6.92 Å². The Morgan fingerprint density at radius 1 is 1.05 bits per heavy atom. The van der Waals surface area contributed by atoms with Gasteiger partial charge in [0.15, 0.2) is 0 Å². The fraction of sp³-hybridized carbons (Fsp3) is 0.125. The number of nitrogens with zero attached hydrogens (tertiary/aromatic N) is 2. The molecule has 3 aromatic rings. The summed E-state index contributed by atoms with van der Waals surface area (Å²) in [6, 6.07) is 14.3. The van der Waals surface area contributed by atoms with Crippen LogP contribution in [0.3, 0.4) is 0 Å². The normalized spacial score (nSPS) is 10.4. The lowest BCUT2D eigenvalue weighted by atomic mass is 10.2. The zero-order chi connectivity index (χ0) is 13.8. The molecule has 0 aliphatic rings. The van der Waals surface area contributed by atoms with Crippen molar-refractivity contribution in [2.75, 3.05) is 5.32 Å². The largest absolute Gasteiger partial charge is 0.371 e. The van der Waals surface area contributed by atoms with Crippen LogP contribution in [0.4, 0.5) is 5.00 Å². The molecule has 0 unspecified atom stereocenters. The summed E-state index contributed by atoms with van der Waals surface area (Å²) >= 11 is 1.69. The third-order valence-corrected chi connectivity index (χ3v) is 4.18. The van der Waals surface area contributed by atoms with Crippen molar-refractivity contribution in [2.45, 2.75) is 13.5 Å². The molecular weight excluding hydrogens is 266 g/mol. The molecule has 0 saturated heterocycles. The van der Waals surface area contributed by atoms with Crippen LogP contribution in [0.1, 0.15) is 11.3 Å². The lowest BCUT2D eigenvalue weighted by Crippen LogP contribution is -1.98. The van der Waals surface area contributed by atoms with Crippen molar-refractivity contribution in [2.24, 2.45) is 0 Å². The minimum atomic E-state index is 0.791. The summed E-state index contributed by atoms with van der Waals surface area (Å²) in [4.78, 5) is 8.66. The first-order chi connectivity index (χ1) is 9.83. The number of hydrogen-bond acceptors (Lipinski definition) is 4. The molecule has 0 aliphatic carbocycles. The van der Waals surface area contributed by atoms with Crippen molar-refractivity contribution in [3.05, 3.63) is 66.1 Å². The van der Waals surface area contributed by atoms with Crippen LogP contribution in [-0.2, 0) is 6.54 Å². The Labute approximate surface area is 122 Å². The molecule has 0 bridgehead atoms. The van der Waals surface area contributed by atoms with Crippen LogP contribution in [0.5, 0.6) is 0 Å². The van der Waals surface area contributed by atoms with Crippen molar-refractivity contribution in [3.8, 4) is 10.6 Å². The van der Waals surface area contributed by atoms with E-state index in [1.54, 1.807) is 11.3 Å². The molecule has 100 valence electrons. The SMILES string of the molecule is Cc1nc(-c2ccccc2)sc1NCc1ccncc1. The summed E-state index contributed by atoms with van der Waals surface area (Å²) in [5, 5.41) is 5.63. The summed E-state index contributed by atoms with van der Waals surface area (Å²) in [5.74, 6) is 0. The van der Waals surface area contributed by atoms with Gasteiger partial charge in [0, 0.05) is 24.5 Å². The second-order valence-corrected chi connectivity index (χ2v) is 5.51. The molecule has 20 heavy (non-hydrogen) atoms. The average molecular weight is 281 g/mol. The maximum Gasteiger partial charge on any atom is 0.125 e. The molecule has 4 heteroatoms. The van der Waals surface area contributed by atoms with Gasteiger partial charge in [0.25, 0.3) is 0 Å². The third-order valence-electron chi connectivity index (χ3n) is 3.02. The highest BCUT2D eigenvalue weighted by atomic mass is 32.1. The fourth-order valence-corrected chi connectivity index (χ4v) is 2.92. The smallest absolute Gasteiger partial charge is 0.125 e. The number of hydrogen-bond donors (Lipinski definition) is 1. The van der Waals surface area contributed by atoms with Gasteiger partial charge in [0.05, 0.1) is 5.69 Å². The van der Waals surface area contributed by atoms with E-state index >= 15 is 0 Å². The van der Waals surface area contributed by atoms with E-state index < -0.39 is 0 Å². The van der Waals surface area contributed by atoms with Crippen LogP contribution >= 0.6 is 11.3 Å². The Balaban J connectivity index is 1.76. The van der Waals surface area contributed by atoms with Gasteiger partial charge in [-0.15, -0.1) is 0 Å². The summed E-state index contributed by atoms with van der Waals surface area (Å²) in [6.45, 7) is 2.83. The van der Waals surface area contributed by atoms with E-state index in [0.717, 1.165) is 27.8 Å². The van der Waals surface area contributed by atoms with Gasteiger partial charge >= 0.3 is 0 Å². The zero-order valence-electron chi connectivity index (χ0n) is 11.2. The van der Waals surface area contributed by atoms with Gasteiger partial charge in [-0.25, -0.2) is 4.98 Å². The quantitative estimate of drug-likeness (QED) is 0.781. The number of nitrogens with one attached hydrogen (secondary N) is 1. The highest BCUT2D eigenvalue weighted by Crippen LogP contribution is 2.31. The Morgan fingerprint density at radius 3 is 2.55 bits per heavy atom. The van der Waals surface area contributed by atoms with Gasteiger partial charge in [-0.1, -0.05) is 41.7 Å². The highest BCUT2D eigenvalue weighted by molar-refractivity contribution is 7.19. The molecular formula is C16H15N3S. The molecule has 2 heterocycles. The van der Waals surface area contributed by atoms with Crippen molar-refractivity contribution in [1.29, 1.82) is 0 Å². The molecule has 0 aliphatic heterocycles. The summed E-state index contributed by atoms with van der Waals surface area (Å²) < 4.78 is 0. The molecule has 0 fully saturated rings. The maximum atomic E-state index is 4.64. The number of rotatable bonds is 4. The van der Waals surface area contributed by atoms with Gasteiger partial charge in [-0.05, 0) is 24.6 Å². The molecule has 1 aromatic carbocycles. The highest BCUT2D eigenvalue weighted by Gasteiger charge is 2.08. The minimum Gasteiger partial charge on any atom is -0.371 e. The summed E-state index contributed by atoms with van der Waals surface area (Å²) in [7, 11) is 0. The molecule has 0 spiro atoms. The second kappa shape index (κ2) is 5.84. The minimum absolute atomic E-state index is 0.791. The Hall–Kier alpha value is -2.20. The molecule has 0 amide bonds. The Kier molecular flexibility index (Phi) is 3.74. The standard InChI is InChI=1S/C16H15N3S/c1-12-15(18-11-13-7-9-17-10-8-13)20-16(19-12)14-5-3-2-4-6-14/h2-10,18H,11H2,1H3. The average Bonchev–Trinajstić information content (AvgIpc) is 2.88. The van der Waals surface area contributed by atoms with Crippen molar-refractivity contribution in [1.82, 2.24) is 9.97 Å². The lowest BCUT2D eigenvalue weighted by Gasteiger charge is -2.03. The number of thiazole rings is 1. The molecule has 2 aromatic heterocycles. The monoisotopic (exact) mass is 281 g/mol.